The molecular weight excluding hydrogens is 314 g/mol. The highest BCUT2D eigenvalue weighted by molar-refractivity contribution is 5.96. The predicted molar refractivity (Wildman–Crippen MR) is 95.2 cm³/mol. The van der Waals surface area contributed by atoms with Gasteiger partial charge in [0.05, 0.1) is 17.9 Å². The normalized spacial score (nSPS) is 27.9. The molecule has 0 saturated carbocycles. The number of aliphatic hydroxyl groups excluding tert-OH is 1. The number of aromatic nitrogens is 2. The number of hydrogen-bond acceptors (Lipinski definition) is 3. The van der Waals surface area contributed by atoms with Crippen LogP contribution < -0.4 is 0 Å². The Hall–Kier alpha value is -2.14. The summed E-state index contributed by atoms with van der Waals surface area (Å²) in [5.74, 6) is 0.0708. The summed E-state index contributed by atoms with van der Waals surface area (Å²) in [6.07, 6.45) is 5.53. The van der Waals surface area contributed by atoms with Gasteiger partial charge in [-0.25, -0.2) is 0 Å². The summed E-state index contributed by atoms with van der Waals surface area (Å²) in [6, 6.07) is 10.6. The van der Waals surface area contributed by atoms with Crippen molar-refractivity contribution in [2.45, 2.75) is 44.7 Å². The van der Waals surface area contributed by atoms with Crippen molar-refractivity contribution in [1.82, 2.24) is 14.7 Å². The Bertz CT molecular complexity index is 785. The van der Waals surface area contributed by atoms with E-state index in [-0.39, 0.29) is 30.0 Å². The highest BCUT2D eigenvalue weighted by Gasteiger charge is 2.57. The summed E-state index contributed by atoms with van der Waals surface area (Å²) in [5.41, 5.74) is 2.47. The van der Waals surface area contributed by atoms with Gasteiger partial charge in [-0.2, -0.15) is 5.10 Å². The molecule has 25 heavy (non-hydrogen) atoms. The topological polar surface area (TPSA) is 58.4 Å². The molecule has 1 N–H and O–H groups in total. The highest BCUT2D eigenvalue weighted by Crippen LogP contribution is 2.51. The number of carbonyl (C=O) groups is 1. The third kappa shape index (κ3) is 2.58. The molecular formula is C20H25N3O2. The van der Waals surface area contributed by atoms with Gasteiger partial charge < -0.3 is 10.0 Å². The minimum absolute atomic E-state index is 0.0708. The molecule has 0 spiro atoms. The molecule has 1 aromatic heterocycles. The quantitative estimate of drug-likeness (QED) is 0.930. The molecule has 2 aliphatic heterocycles. The highest BCUT2D eigenvalue weighted by atomic mass is 16.3. The van der Waals surface area contributed by atoms with Gasteiger partial charge in [0.25, 0.3) is 5.91 Å². The average molecular weight is 339 g/mol. The molecule has 5 nitrogen and oxygen atoms in total. The number of hydrogen-bond donors (Lipinski definition) is 1. The molecule has 3 heterocycles. The van der Waals surface area contributed by atoms with Crippen molar-refractivity contribution < 1.29 is 9.90 Å². The summed E-state index contributed by atoms with van der Waals surface area (Å²) in [7, 11) is 1.84. The number of nitrogens with zero attached hydrogens (tertiary/aromatic N) is 3. The molecule has 2 saturated heterocycles. The molecule has 2 aromatic rings. The van der Waals surface area contributed by atoms with Gasteiger partial charge in [0.1, 0.15) is 0 Å². The van der Waals surface area contributed by atoms with Crippen LogP contribution in [0.4, 0.5) is 0 Å². The minimum Gasteiger partial charge on any atom is -0.396 e. The number of aliphatic hydroxyl groups is 1. The molecule has 2 fully saturated rings. The van der Waals surface area contributed by atoms with Crippen LogP contribution in [-0.2, 0) is 13.5 Å². The maximum atomic E-state index is 13.2. The van der Waals surface area contributed by atoms with Crippen LogP contribution in [0.2, 0.25) is 0 Å². The van der Waals surface area contributed by atoms with E-state index in [0.29, 0.717) is 5.56 Å². The maximum Gasteiger partial charge on any atom is 0.257 e. The van der Waals surface area contributed by atoms with Crippen molar-refractivity contribution >= 4 is 5.91 Å². The zero-order valence-corrected chi connectivity index (χ0v) is 14.9. The lowest BCUT2D eigenvalue weighted by Gasteiger charge is -2.36. The van der Waals surface area contributed by atoms with E-state index in [1.54, 1.807) is 4.68 Å². The molecule has 4 rings (SSSR count). The average Bonchev–Trinajstić information content (AvgIpc) is 3.26. The Balaban J connectivity index is 1.64. The number of benzene rings is 1. The van der Waals surface area contributed by atoms with Crippen LogP contribution in [-0.4, -0.2) is 44.4 Å². The van der Waals surface area contributed by atoms with E-state index in [1.165, 1.54) is 5.56 Å². The van der Waals surface area contributed by atoms with Crippen molar-refractivity contribution in [2.24, 2.45) is 12.5 Å². The summed E-state index contributed by atoms with van der Waals surface area (Å²) in [5, 5.41) is 14.6. The van der Waals surface area contributed by atoms with Crippen LogP contribution in [0.1, 0.15) is 40.9 Å². The van der Waals surface area contributed by atoms with E-state index >= 15 is 0 Å². The lowest BCUT2D eigenvalue weighted by atomic mass is 9.70. The minimum atomic E-state index is -0.226. The monoisotopic (exact) mass is 339 g/mol. The summed E-state index contributed by atoms with van der Waals surface area (Å²) >= 11 is 0. The number of carbonyl (C=O) groups excluding carboxylic acids is 1. The van der Waals surface area contributed by atoms with E-state index in [9.17, 15) is 9.90 Å². The van der Waals surface area contributed by atoms with Gasteiger partial charge in [-0.05, 0) is 38.2 Å². The van der Waals surface area contributed by atoms with Gasteiger partial charge in [0, 0.05) is 30.7 Å². The van der Waals surface area contributed by atoms with E-state index in [1.807, 2.05) is 43.3 Å². The first-order valence-electron chi connectivity index (χ1n) is 9.02. The van der Waals surface area contributed by atoms with Gasteiger partial charge in [0.2, 0.25) is 0 Å². The lowest BCUT2D eigenvalue weighted by Crippen LogP contribution is -2.44. The van der Waals surface area contributed by atoms with Gasteiger partial charge >= 0.3 is 0 Å². The first-order valence-corrected chi connectivity index (χ1v) is 9.02. The Kier molecular flexibility index (Phi) is 3.91. The van der Waals surface area contributed by atoms with Crippen molar-refractivity contribution in [1.29, 1.82) is 0 Å². The number of aryl methyl sites for hydroxylation is 2. The number of amides is 1. The van der Waals surface area contributed by atoms with Crippen LogP contribution in [0.3, 0.4) is 0 Å². The van der Waals surface area contributed by atoms with Crippen LogP contribution >= 0.6 is 0 Å². The van der Waals surface area contributed by atoms with Crippen molar-refractivity contribution in [3.05, 3.63) is 53.3 Å². The molecule has 5 heteroatoms. The largest absolute Gasteiger partial charge is 0.396 e. The fourth-order valence-corrected chi connectivity index (χ4v) is 4.96. The molecule has 0 radical (unpaired) electrons. The third-order valence-electron chi connectivity index (χ3n) is 6.04. The Morgan fingerprint density at radius 3 is 2.72 bits per heavy atom. The predicted octanol–water partition coefficient (Wildman–Crippen LogP) is 2.33. The van der Waals surface area contributed by atoms with Crippen LogP contribution in [0.25, 0.3) is 0 Å². The van der Waals surface area contributed by atoms with E-state index in [4.69, 9.17) is 0 Å². The lowest BCUT2D eigenvalue weighted by molar-refractivity contribution is 0.0570. The van der Waals surface area contributed by atoms with Crippen molar-refractivity contribution in [3.8, 4) is 0 Å². The standard InChI is InChI=1S/C20H25N3O2/c1-14-17(12-22(2)21-14)19(25)23-16-8-9-18(23)20(11-16,13-24)10-15-6-4-3-5-7-15/h3-7,12,16,18,24H,8-11,13H2,1-2H3/t16-,18+,20-/m0/s1. The third-order valence-corrected chi connectivity index (χ3v) is 6.04. The molecule has 2 bridgehead atoms. The molecule has 132 valence electrons. The molecule has 3 atom stereocenters. The number of fused-ring (bicyclic) bond motifs is 2. The summed E-state index contributed by atoms with van der Waals surface area (Å²) in [4.78, 5) is 15.2. The fraction of sp³-hybridized carbons (Fsp3) is 0.500. The van der Waals surface area contributed by atoms with Crippen LogP contribution in [0.15, 0.2) is 36.5 Å². The van der Waals surface area contributed by atoms with Gasteiger partial charge in [0.15, 0.2) is 0 Å². The van der Waals surface area contributed by atoms with Crippen LogP contribution in [0, 0.1) is 12.3 Å². The maximum absolute atomic E-state index is 13.2. The Morgan fingerprint density at radius 1 is 1.32 bits per heavy atom. The van der Waals surface area contributed by atoms with Crippen molar-refractivity contribution in [2.75, 3.05) is 6.61 Å². The van der Waals surface area contributed by atoms with E-state index in [2.05, 4.69) is 17.2 Å². The second kappa shape index (κ2) is 5.99. The molecule has 0 aliphatic carbocycles. The summed E-state index contributed by atoms with van der Waals surface area (Å²) in [6.45, 7) is 2.01. The van der Waals surface area contributed by atoms with Gasteiger partial charge in [-0.15, -0.1) is 0 Å². The fourth-order valence-electron chi connectivity index (χ4n) is 4.96. The zero-order valence-electron chi connectivity index (χ0n) is 14.9. The zero-order chi connectivity index (χ0) is 17.6. The van der Waals surface area contributed by atoms with E-state index in [0.717, 1.165) is 31.4 Å². The smallest absolute Gasteiger partial charge is 0.257 e. The first-order chi connectivity index (χ1) is 12.0. The SMILES string of the molecule is Cc1nn(C)cc1C(=O)N1[C@H]2CC[C@@H]1[C@@](CO)(Cc1ccccc1)C2. The Labute approximate surface area is 148 Å². The van der Waals surface area contributed by atoms with Crippen LogP contribution in [0.5, 0.6) is 0 Å². The van der Waals surface area contributed by atoms with Crippen molar-refractivity contribution in [3.63, 3.8) is 0 Å². The second-order valence-electron chi connectivity index (χ2n) is 7.65. The van der Waals surface area contributed by atoms with Gasteiger partial charge in [-0.1, -0.05) is 30.3 Å². The molecule has 1 aromatic carbocycles. The molecule has 0 unspecified atom stereocenters. The molecule has 2 aliphatic rings. The first kappa shape index (κ1) is 16.3. The van der Waals surface area contributed by atoms with Gasteiger partial charge in [-0.3, -0.25) is 9.48 Å². The van der Waals surface area contributed by atoms with E-state index < -0.39 is 0 Å². The summed E-state index contributed by atoms with van der Waals surface area (Å²) < 4.78 is 1.70. The molecule has 1 amide bonds. The number of rotatable bonds is 4. The second-order valence-corrected chi connectivity index (χ2v) is 7.65. The Morgan fingerprint density at radius 2 is 2.08 bits per heavy atom.